The summed E-state index contributed by atoms with van der Waals surface area (Å²) < 4.78 is 0. The molecule has 0 aliphatic carbocycles. The van der Waals surface area contributed by atoms with Crippen molar-refractivity contribution in [2.75, 3.05) is 29.9 Å². The third-order valence-electron chi connectivity index (χ3n) is 5.10. The second-order valence-electron chi connectivity index (χ2n) is 8.23. The molecule has 1 fully saturated rings. The normalized spacial score (nSPS) is 17.2. The first-order valence-corrected chi connectivity index (χ1v) is 9.58. The van der Waals surface area contributed by atoms with Gasteiger partial charge in [-0.05, 0) is 42.2 Å². The molecule has 2 heterocycles. The zero-order chi connectivity index (χ0) is 20.3. The van der Waals surface area contributed by atoms with Crippen LogP contribution in [0.3, 0.4) is 0 Å². The largest absolute Gasteiger partial charge is 0.352 e. The van der Waals surface area contributed by atoms with Gasteiger partial charge in [-0.15, -0.1) is 0 Å². The summed E-state index contributed by atoms with van der Waals surface area (Å²) in [5.41, 5.74) is 2.67. The third-order valence-corrected chi connectivity index (χ3v) is 5.10. The zero-order valence-corrected chi connectivity index (χ0v) is 16.9. The molecule has 1 aliphatic rings. The molecule has 1 aliphatic heterocycles. The Kier molecular flexibility index (Phi) is 5.55. The molecule has 2 aromatic rings. The molecule has 146 valence electrons. The Morgan fingerprint density at radius 1 is 1.21 bits per heavy atom. The number of anilines is 2. The van der Waals surface area contributed by atoms with E-state index >= 15 is 0 Å². The van der Waals surface area contributed by atoms with Crippen molar-refractivity contribution >= 4 is 17.5 Å². The van der Waals surface area contributed by atoms with E-state index in [1.165, 1.54) is 5.56 Å². The minimum atomic E-state index is -0.0998. The summed E-state index contributed by atoms with van der Waals surface area (Å²) in [7, 11) is 0. The van der Waals surface area contributed by atoms with Crippen molar-refractivity contribution in [3.8, 4) is 6.07 Å². The van der Waals surface area contributed by atoms with Gasteiger partial charge >= 0.3 is 6.03 Å². The lowest BCUT2D eigenvalue weighted by Gasteiger charge is -2.40. The molecule has 1 aromatic heterocycles. The van der Waals surface area contributed by atoms with E-state index in [1.807, 2.05) is 24.0 Å². The van der Waals surface area contributed by atoms with Gasteiger partial charge < -0.3 is 15.1 Å². The lowest BCUT2D eigenvalue weighted by Crippen LogP contribution is -2.55. The van der Waals surface area contributed by atoms with Gasteiger partial charge in [0.15, 0.2) is 0 Å². The molecule has 3 rings (SSSR count). The average Bonchev–Trinajstić information content (AvgIpc) is 2.67. The number of nitrogens with one attached hydrogen (secondary N) is 1. The van der Waals surface area contributed by atoms with Gasteiger partial charge in [0, 0.05) is 37.6 Å². The van der Waals surface area contributed by atoms with Crippen LogP contribution in [0.4, 0.5) is 16.3 Å². The van der Waals surface area contributed by atoms with E-state index in [9.17, 15) is 10.1 Å². The maximum absolute atomic E-state index is 12.8. The lowest BCUT2D eigenvalue weighted by molar-refractivity contribution is 0.184. The van der Waals surface area contributed by atoms with E-state index in [2.05, 4.69) is 54.2 Å². The van der Waals surface area contributed by atoms with Crippen LogP contribution in [0.2, 0.25) is 0 Å². The van der Waals surface area contributed by atoms with Crippen molar-refractivity contribution in [2.24, 2.45) is 0 Å². The Labute approximate surface area is 166 Å². The van der Waals surface area contributed by atoms with Gasteiger partial charge in [0.05, 0.1) is 5.56 Å². The number of urea groups is 1. The van der Waals surface area contributed by atoms with Crippen LogP contribution in [-0.2, 0) is 5.41 Å². The Morgan fingerprint density at radius 2 is 1.93 bits per heavy atom. The first kappa shape index (κ1) is 19.7. The topological polar surface area (TPSA) is 72.3 Å². The second kappa shape index (κ2) is 7.89. The predicted molar refractivity (Wildman–Crippen MR) is 111 cm³/mol. The molecular formula is C22H27N5O. The van der Waals surface area contributed by atoms with Gasteiger partial charge in [-0.3, -0.25) is 0 Å². The fraction of sp³-hybridized carbons (Fsp3) is 0.409. The number of nitriles is 1. The van der Waals surface area contributed by atoms with Crippen LogP contribution in [0.5, 0.6) is 0 Å². The number of hydrogen-bond acceptors (Lipinski definition) is 4. The van der Waals surface area contributed by atoms with Gasteiger partial charge in [0.2, 0.25) is 0 Å². The molecule has 0 radical (unpaired) electrons. The summed E-state index contributed by atoms with van der Waals surface area (Å²) in [4.78, 5) is 21.0. The molecule has 6 heteroatoms. The first-order valence-electron chi connectivity index (χ1n) is 9.58. The SMILES string of the molecule is C[C@@H]1CN(c2ncccc2C#N)CCN1C(=O)Nc1ccc(C(C)(C)C)cc1. The van der Waals surface area contributed by atoms with Crippen LogP contribution in [0.1, 0.15) is 38.8 Å². The molecule has 2 amide bonds. The quantitative estimate of drug-likeness (QED) is 0.859. The molecule has 1 atom stereocenters. The number of carbonyl (C=O) groups is 1. The maximum atomic E-state index is 12.8. The van der Waals surface area contributed by atoms with Crippen molar-refractivity contribution in [2.45, 2.75) is 39.2 Å². The van der Waals surface area contributed by atoms with E-state index in [-0.39, 0.29) is 17.5 Å². The smallest absolute Gasteiger partial charge is 0.322 e. The molecule has 6 nitrogen and oxygen atoms in total. The highest BCUT2D eigenvalue weighted by Gasteiger charge is 2.29. The average molecular weight is 377 g/mol. The summed E-state index contributed by atoms with van der Waals surface area (Å²) in [5.74, 6) is 0.690. The van der Waals surface area contributed by atoms with E-state index in [1.54, 1.807) is 18.3 Å². The molecule has 1 saturated heterocycles. The molecule has 0 bridgehead atoms. The van der Waals surface area contributed by atoms with E-state index < -0.39 is 0 Å². The number of benzene rings is 1. The maximum Gasteiger partial charge on any atom is 0.322 e. The first-order chi connectivity index (χ1) is 13.3. The van der Waals surface area contributed by atoms with Gasteiger partial charge in [0.25, 0.3) is 0 Å². The second-order valence-corrected chi connectivity index (χ2v) is 8.23. The highest BCUT2D eigenvalue weighted by molar-refractivity contribution is 5.89. The van der Waals surface area contributed by atoms with Crippen LogP contribution >= 0.6 is 0 Å². The van der Waals surface area contributed by atoms with Crippen LogP contribution in [-0.4, -0.2) is 41.6 Å². The Bertz CT molecular complexity index is 879. The molecule has 1 aromatic carbocycles. The van der Waals surface area contributed by atoms with Crippen molar-refractivity contribution in [3.05, 3.63) is 53.7 Å². The molecule has 1 N–H and O–H groups in total. The Hall–Kier alpha value is -3.07. The fourth-order valence-electron chi connectivity index (χ4n) is 3.44. The fourth-order valence-corrected chi connectivity index (χ4v) is 3.44. The highest BCUT2D eigenvalue weighted by atomic mass is 16.2. The number of aromatic nitrogens is 1. The van der Waals surface area contributed by atoms with Crippen molar-refractivity contribution in [1.82, 2.24) is 9.88 Å². The lowest BCUT2D eigenvalue weighted by atomic mass is 9.87. The number of nitrogens with zero attached hydrogens (tertiary/aromatic N) is 4. The van der Waals surface area contributed by atoms with Crippen LogP contribution < -0.4 is 10.2 Å². The van der Waals surface area contributed by atoms with Gasteiger partial charge in [-0.2, -0.15) is 5.26 Å². The summed E-state index contributed by atoms with van der Waals surface area (Å²) in [6, 6.07) is 13.7. The molecule has 0 unspecified atom stereocenters. The highest BCUT2D eigenvalue weighted by Crippen LogP contribution is 2.24. The number of hydrogen-bond donors (Lipinski definition) is 1. The van der Waals surface area contributed by atoms with Gasteiger partial charge in [-0.25, -0.2) is 9.78 Å². The van der Waals surface area contributed by atoms with E-state index in [0.717, 1.165) is 5.69 Å². The van der Waals surface area contributed by atoms with Crippen LogP contribution in [0.25, 0.3) is 0 Å². The molecule has 28 heavy (non-hydrogen) atoms. The number of pyridine rings is 1. The van der Waals surface area contributed by atoms with Crippen molar-refractivity contribution in [3.63, 3.8) is 0 Å². The van der Waals surface area contributed by atoms with E-state index in [0.29, 0.717) is 31.0 Å². The number of rotatable bonds is 2. The van der Waals surface area contributed by atoms with Gasteiger partial charge in [0.1, 0.15) is 11.9 Å². The number of piperazine rings is 1. The van der Waals surface area contributed by atoms with Gasteiger partial charge in [-0.1, -0.05) is 32.9 Å². The zero-order valence-electron chi connectivity index (χ0n) is 16.9. The molecule has 0 spiro atoms. The molecule has 0 saturated carbocycles. The predicted octanol–water partition coefficient (Wildman–Crippen LogP) is 3.99. The number of amides is 2. The van der Waals surface area contributed by atoms with Crippen molar-refractivity contribution < 1.29 is 4.79 Å². The molecular weight excluding hydrogens is 350 g/mol. The van der Waals surface area contributed by atoms with Crippen LogP contribution in [0, 0.1) is 11.3 Å². The summed E-state index contributed by atoms with van der Waals surface area (Å²) in [6.07, 6.45) is 1.70. The minimum Gasteiger partial charge on any atom is -0.352 e. The summed E-state index contributed by atoms with van der Waals surface area (Å²) in [6.45, 7) is 10.4. The Balaban J connectivity index is 1.64. The minimum absolute atomic E-state index is 0.0103. The number of carbonyl (C=O) groups excluding carboxylic acids is 1. The van der Waals surface area contributed by atoms with Crippen molar-refractivity contribution in [1.29, 1.82) is 5.26 Å². The Morgan fingerprint density at radius 3 is 2.54 bits per heavy atom. The third kappa shape index (κ3) is 4.25. The van der Waals surface area contributed by atoms with E-state index in [4.69, 9.17) is 0 Å². The van der Waals surface area contributed by atoms with Crippen LogP contribution in [0.15, 0.2) is 42.6 Å². The monoisotopic (exact) mass is 377 g/mol. The summed E-state index contributed by atoms with van der Waals surface area (Å²) in [5, 5.41) is 12.3. The standard InChI is InChI=1S/C22H27N5O/c1-16-15-26(20-17(14-23)6-5-11-24-20)12-13-27(16)21(28)25-19-9-7-18(8-10-19)22(2,3)4/h5-11,16H,12-13,15H2,1-4H3,(H,25,28)/t16-/m1/s1. The summed E-state index contributed by atoms with van der Waals surface area (Å²) >= 11 is 0.